The standard InChI is InChI=1S/C28H38BrNO6Si/c1-27(2,3)37(6,7)36-23-17-28(25(31)34-5,16-21-13-14-22(33-4)15-24(21)29)30(18-23)26(32)35-19-20-11-9-8-10-12-20/h8-15,23H,16-19H2,1-7H3/t23-,28-/m1/s1. The molecule has 0 radical (unpaired) electrons. The third kappa shape index (κ3) is 6.56. The van der Waals surface area contributed by atoms with E-state index in [-0.39, 0.29) is 30.7 Å². The highest BCUT2D eigenvalue weighted by molar-refractivity contribution is 9.10. The average Bonchev–Trinajstić information content (AvgIpc) is 3.21. The summed E-state index contributed by atoms with van der Waals surface area (Å²) in [6.07, 6.45) is -0.353. The highest BCUT2D eigenvalue weighted by atomic mass is 79.9. The van der Waals surface area contributed by atoms with Crippen molar-refractivity contribution in [3.8, 4) is 5.75 Å². The summed E-state index contributed by atoms with van der Waals surface area (Å²) in [4.78, 5) is 28.6. The Bertz CT molecular complexity index is 1100. The van der Waals surface area contributed by atoms with E-state index in [1.54, 1.807) is 7.11 Å². The molecule has 202 valence electrons. The first-order valence-corrected chi connectivity index (χ1v) is 16.1. The number of amides is 1. The van der Waals surface area contributed by atoms with E-state index >= 15 is 0 Å². The van der Waals surface area contributed by atoms with E-state index < -0.39 is 25.9 Å². The molecule has 0 saturated carbocycles. The second kappa shape index (κ2) is 11.6. The summed E-state index contributed by atoms with van der Waals surface area (Å²) in [6, 6.07) is 15.0. The van der Waals surface area contributed by atoms with Crippen LogP contribution < -0.4 is 4.74 Å². The summed E-state index contributed by atoms with van der Waals surface area (Å²) >= 11 is 3.61. The van der Waals surface area contributed by atoms with Crippen LogP contribution in [0.4, 0.5) is 4.79 Å². The fourth-order valence-electron chi connectivity index (χ4n) is 4.39. The fraction of sp³-hybridized carbons (Fsp3) is 0.500. The number of esters is 1. The van der Waals surface area contributed by atoms with Gasteiger partial charge >= 0.3 is 12.1 Å². The molecular formula is C28H38BrNO6Si. The van der Waals surface area contributed by atoms with E-state index in [0.29, 0.717) is 12.2 Å². The van der Waals surface area contributed by atoms with Gasteiger partial charge in [-0.25, -0.2) is 9.59 Å². The Hall–Kier alpha value is -2.36. The van der Waals surface area contributed by atoms with Gasteiger partial charge in [-0.15, -0.1) is 0 Å². The number of carbonyl (C=O) groups is 2. The van der Waals surface area contributed by atoms with Crippen molar-refractivity contribution in [1.29, 1.82) is 0 Å². The molecule has 9 heteroatoms. The first kappa shape index (κ1) is 29.2. The van der Waals surface area contributed by atoms with Gasteiger partial charge in [-0.05, 0) is 41.4 Å². The van der Waals surface area contributed by atoms with Crippen LogP contribution in [-0.2, 0) is 31.7 Å². The third-order valence-electron chi connectivity index (χ3n) is 7.47. The summed E-state index contributed by atoms with van der Waals surface area (Å²) < 4.78 is 23.8. The van der Waals surface area contributed by atoms with Crippen LogP contribution in [0.2, 0.25) is 18.1 Å². The van der Waals surface area contributed by atoms with Gasteiger partial charge in [0.1, 0.15) is 12.4 Å². The summed E-state index contributed by atoms with van der Waals surface area (Å²) in [5.41, 5.74) is 0.429. The molecule has 1 saturated heterocycles. The maximum Gasteiger partial charge on any atom is 0.411 e. The number of ether oxygens (including phenoxy) is 3. The first-order chi connectivity index (χ1) is 17.3. The van der Waals surface area contributed by atoms with Crippen molar-refractivity contribution in [3.05, 3.63) is 64.1 Å². The number of benzene rings is 2. The van der Waals surface area contributed by atoms with E-state index in [1.165, 1.54) is 12.0 Å². The van der Waals surface area contributed by atoms with Gasteiger partial charge in [0.25, 0.3) is 0 Å². The summed E-state index contributed by atoms with van der Waals surface area (Å²) in [5, 5.41) is -0.0266. The fourth-order valence-corrected chi connectivity index (χ4v) is 6.23. The second-order valence-corrected chi connectivity index (χ2v) is 16.6. The van der Waals surface area contributed by atoms with Crippen molar-refractivity contribution in [2.75, 3.05) is 20.8 Å². The Balaban J connectivity index is 1.98. The molecule has 0 bridgehead atoms. The van der Waals surface area contributed by atoms with Gasteiger partial charge in [0.2, 0.25) is 0 Å². The first-order valence-electron chi connectivity index (χ1n) is 12.4. The maximum atomic E-state index is 13.6. The molecule has 0 aromatic heterocycles. The zero-order valence-electron chi connectivity index (χ0n) is 22.8. The molecule has 2 aromatic rings. The number of nitrogens with zero attached hydrogens (tertiary/aromatic N) is 1. The van der Waals surface area contributed by atoms with E-state index in [9.17, 15) is 9.59 Å². The van der Waals surface area contributed by atoms with Crippen LogP contribution in [-0.4, -0.2) is 57.7 Å². The smallest absolute Gasteiger partial charge is 0.411 e. The Morgan fingerprint density at radius 1 is 1.11 bits per heavy atom. The van der Waals surface area contributed by atoms with Crippen molar-refractivity contribution in [2.45, 2.75) is 70.0 Å². The summed E-state index contributed by atoms with van der Waals surface area (Å²) in [5.74, 6) is 0.195. The molecule has 7 nitrogen and oxygen atoms in total. The molecule has 1 aliphatic rings. The van der Waals surface area contributed by atoms with Gasteiger partial charge in [-0.2, -0.15) is 0 Å². The zero-order valence-corrected chi connectivity index (χ0v) is 25.4. The van der Waals surface area contributed by atoms with Gasteiger partial charge < -0.3 is 18.6 Å². The van der Waals surface area contributed by atoms with Gasteiger partial charge in [0.15, 0.2) is 13.9 Å². The second-order valence-electron chi connectivity index (χ2n) is 11.0. The lowest BCUT2D eigenvalue weighted by atomic mass is 9.87. The lowest BCUT2D eigenvalue weighted by Gasteiger charge is -2.38. The van der Waals surface area contributed by atoms with Crippen LogP contribution in [0.25, 0.3) is 0 Å². The molecule has 37 heavy (non-hydrogen) atoms. The van der Waals surface area contributed by atoms with E-state index in [4.69, 9.17) is 18.6 Å². The molecule has 1 amide bonds. The molecule has 1 heterocycles. The molecule has 0 aliphatic carbocycles. The van der Waals surface area contributed by atoms with Crippen molar-refractivity contribution >= 4 is 36.3 Å². The highest BCUT2D eigenvalue weighted by Crippen LogP contribution is 2.43. The molecular weight excluding hydrogens is 554 g/mol. The molecule has 0 N–H and O–H groups in total. The van der Waals surface area contributed by atoms with E-state index in [2.05, 4.69) is 49.8 Å². The predicted octanol–water partition coefficient (Wildman–Crippen LogP) is 6.34. The van der Waals surface area contributed by atoms with Crippen LogP contribution in [0, 0.1) is 0 Å². The average molecular weight is 593 g/mol. The molecule has 2 atom stereocenters. The maximum absolute atomic E-state index is 13.6. The molecule has 1 fully saturated rings. The Morgan fingerprint density at radius 2 is 1.78 bits per heavy atom. The number of hydrogen-bond donors (Lipinski definition) is 0. The number of halogens is 1. The number of carbonyl (C=O) groups excluding carboxylic acids is 2. The quantitative estimate of drug-likeness (QED) is 0.263. The zero-order chi connectivity index (χ0) is 27.4. The van der Waals surface area contributed by atoms with Gasteiger partial charge in [-0.3, -0.25) is 4.90 Å². The number of rotatable bonds is 8. The molecule has 0 unspecified atom stereocenters. The Labute approximate surface area is 229 Å². The minimum absolute atomic E-state index is 0.0266. The Kier molecular flexibility index (Phi) is 9.13. The number of methoxy groups -OCH3 is 2. The van der Waals surface area contributed by atoms with Gasteiger partial charge in [0.05, 0.1) is 26.9 Å². The number of hydrogen-bond acceptors (Lipinski definition) is 6. The predicted molar refractivity (Wildman–Crippen MR) is 149 cm³/mol. The van der Waals surface area contributed by atoms with Crippen molar-refractivity contribution in [3.63, 3.8) is 0 Å². The third-order valence-corrected chi connectivity index (χ3v) is 12.7. The molecule has 2 aromatic carbocycles. The normalized spacial score (nSPS) is 20.0. The number of likely N-dealkylation sites (tertiary alicyclic amines) is 1. The molecule has 0 spiro atoms. The summed E-state index contributed by atoms with van der Waals surface area (Å²) in [7, 11) is 0.764. The lowest BCUT2D eigenvalue weighted by Crippen LogP contribution is -2.55. The van der Waals surface area contributed by atoms with Crippen LogP contribution in [0.5, 0.6) is 5.75 Å². The van der Waals surface area contributed by atoms with Crippen molar-refractivity contribution in [1.82, 2.24) is 4.90 Å². The minimum atomic E-state index is -2.18. The molecule has 1 aliphatic heterocycles. The van der Waals surface area contributed by atoms with Crippen LogP contribution >= 0.6 is 15.9 Å². The lowest BCUT2D eigenvalue weighted by molar-refractivity contribution is -0.152. The Morgan fingerprint density at radius 3 is 2.35 bits per heavy atom. The topological polar surface area (TPSA) is 74.3 Å². The van der Waals surface area contributed by atoms with Crippen LogP contribution in [0.3, 0.4) is 0 Å². The largest absolute Gasteiger partial charge is 0.497 e. The van der Waals surface area contributed by atoms with E-state index in [0.717, 1.165) is 15.6 Å². The molecule has 3 rings (SSSR count). The van der Waals surface area contributed by atoms with Gasteiger partial charge in [0, 0.05) is 17.3 Å². The van der Waals surface area contributed by atoms with Crippen LogP contribution in [0.15, 0.2) is 53.0 Å². The summed E-state index contributed by atoms with van der Waals surface area (Å²) in [6.45, 7) is 11.2. The van der Waals surface area contributed by atoms with Crippen LogP contribution in [0.1, 0.15) is 38.3 Å². The monoisotopic (exact) mass is 591 g/mol. The highest BCUT2D eigenvalue weighted by Gasteiger charge is 2.57. The SMILES string of the molecule is COC(=O)[C@@]1(Cc2ccc(OC)cc2Br)C[C@@H](O[Si](C)(C)C(C)(C)C)CN1C(=O)OCc1ccccc1. The van der Waals surface area contributed by atoms with Crippen molar-refractivity contribution < 1.29 is 28.2 Å². The minimum Gasteiger partial charge on any atom is -0.497 e. The van der Waals surface area contributed by atoms with Crippen molar-refractivity contribution in [2.24, 2.45) is 0 Å². The van der Waals surface area contributed by atoms with E-state index in [1.807, 2.05) is 48.5 Å². The van der Waals surface area contributed by atoms with Gasteiger partial charge in [-0.1, -0.05) is 73.1 Å².